The van der Waals surface area contributed by atoms with Crippen molar-refractivity contribution in [1.29, 1.82) is 0 Å². The van der Waals surface area contributed by atoms with Crippen LogP contribution in [0.3, 0.4) is 0 Å². The Morgan fingerprint density at radius 2 is 2.02 bits per heavy atom. The van der Waals surface area contributed by atoms with Crippen LogP contribution in [-0.4, -0.2) is 76.1 Å². The van der Waals surface area contributed by atoms with Crippen molar-refractivity contribution >= 4 is 39.1 Å². The SMILES string of the molecule is C[C@@]12CC[C@H](CN(c3nc(OC[C@@]45CCCN4C[C@H](F)C5)nc4c(F)c(-c5cc(O)cc6cccc(Cl)c56)c(F)cc34)C1)N2. The lowest BCUT2D eigenvalue weighted by atomic mass is 9.95. The average Bonchev–Trinajstić information content (AvgIpc) is 3.59. The number of piperazine rings is 1. The van der Waals surface area contributed by atoms with Crippen molar-refractivity contribution in [1.82, 2.24) is 20.2 Å². The Balaban J connectivity index is 1.29. The molecular weight excluding hydrogens is 591 g/mol. The Bertz CT molecular complexity index is 1830. The van der Waals surface area contributed by atoms with Gasteiger partial charge in [-0.15, -0.1) is 0 Å². The van der Waals surface area contributed by atoms with Gasteiger partial charge in [0.2, 0.25) is 0 Å². The number of benzene rings is 3. The van der Waals surface area contributed by atoms with Crippen molar-refractivity contribution in [2.45, 2.75) is 62.3 Å². The van der Waals surface area contributed by atoms with Gasteiger partial charge in [0.05, 0.1) is 11.1 Å². The number of fused-ring (bicyclic) bond motifs is 5. The van der Waals surface area contributed by atoms with Crippen LogP contribution in [0.15, 0.2) is 36.4 Å². The molecule has 4 aromatic rings. The third-order valence-electron chi connectivity index (χ3n) is 10.1. The highest BCUT2D eigenvalue weighted by Gasteiger charge is 2.49. The van der Waals surface area contributed by atoms with Gasteiger partial charge in [-0.05, 0) is 68.8 Å². The second kappa shape index (κ2) is 10.1. The van der Waals surface area contributed by atoms with Crippen LogP contribution in [0.2, 0.25) is 5.02 Å². The predicted molar refractivity (Wildman–Crippen MR) is 164 cm³/mol. The van der Waals surface area contributed by atoms with E-state index >= 15 is 8.78 Å². The van der Waals surface area contributed by atoms with Crippen LogP contribution in [0, 0.1) is 11.6 Å². The van der Waals surface area contributed by atoms with E-state index in [0.29, 0.717) is 47.7 Å². The molecule has 11 heteroatoms. The van der Waals surface area contributed by atoms with E-state index in [1.54, 1.807) is 18.2 Å². The summed E-state index contributed by atoms with van der Waals surface area (Å²) in [5.41, 5.74) is -0.900. The number of rotatable bonds is 5. The van der Waals surface area contributed by atoms with E-state index in [4.69, 9.17) is 21.3 Å². The molecule has 8 rings (SSSR count). The number of aromatic hydroxyl groups is 1. The van der Waals surface area contributed by atoms with Gasteiger partial charge in [-0.3, -0.25) is 4.90 Å². The average molecular weight is 624 g/mol. The summed E-state index contributed by atoms with van der Waals surface area (Å²) in [6, 6.07) is 9.37. The van der Waals surface area contributed by atoms with E-state index < -0.39 is 23.3 Å². The Morgan fingerprint density at radius 1 is 1.16 bits per heavy atom. The van der Waals surface area contributed by atoms with E-state index in [1.165, 1.54) is 18.2 Å². The topological polar surface area (TPSA) is 73.8 Å². The molecule has 4 aliphatic heterocycles. The van der Waals surface area contributed by atoms with Crippen molar-refractivity contribution in [2.24, 2.45) is 0 Å². The van der Waals surface area contributed by atoms with Crippen molar-refractivity contribution in [3.05, 3.63) is 53.1 Å². The second-order valence-electron chi connectivity index (χ2n) is 13.3. The number of phenolic OH excluding ortho intramolecular Hbond substituents is 1. The molecule has 7 nitrogen and oxygen atoms in total. The van der Waals surface area contributed by atoms with Crippen LogP contribution in [0.5, 0.6) is 11.8 Å². The van der Waals surface area contributed by atoms with Gasteiger partial charge in [-0.2, -0.15) is 9.97 Å². The molecule has 2 N–H and O–H groups in total. The highest BCUT2D eigenvalue weighted by atomic mass is 35.5. The van der Waals surface area contributed by atoms with Gasteiger partial charge in [0, 0.05) is 59.0 Å². The summed E-state index contributed by atoms with van der Waals surface area (Å²) in [7, 11) is 0. The number of hydrogen-bond donors (Lipinski definition) is 2. The third-order valence-corrected chi connectivity index (χ3v) is 10.4. The maximum Gasteiger partial charge on any atom is 0.319 e. The Labute approximate surface area is 258 Å². The Kier molecular flexibility index (Phi) is 6.45. The number of halogens is 4. The lowest BCUT2D eigenvalue weighted by molar-refractivity contribution is 0.107. The summed E-state index contributed by atoms with van der Waals surface area (Å²) in [5.74, 6) is -1.45. The van der Waals surface area contributed by atoms with E-state index in [0.717, 1.165) is 32.2 Å². The van der Waals surface area contributed by atoms with Crippen LogP contribution >= 0.6 is 11.6 Å². The first-order chi connectivity index (χ1) is 21.1. The summed E-state index contributed by atoms with van der Waals surface area (Å²) < 4.78 is 53.6. The zero-order chi connectivity index (χ0) is 30.4. The maximum absolute atomic E-state index is 16.8. The molecule has 4 aliphatic rings. The zero-order valence-corrected chi connectivity index (χ0v) is 25.1. The van der Waals surface area contributed by atoms with Gasteiger partial charge >= 0.3 is 6.01 Å². The smallest absolute Gasteiger partial charge is 0.319 e. The number of phenols is 1. The molecule has 4 atom stereocenters. The standard InChI is InChI=1S/C33H33ClF3N5O2/c1-32-8-6-20(40-32)15-41(16-32)30-23-12-25(36)27(22-11-21(43)10-18-4-2-5-24(34)26(18)22)28(37)29(23)38-31(39-30)44-17-33-7-3-9-42(33)14-19(35)13-33/h2,4-5,10-12,19-20,40,43H,3,6-9,13-17H2,1H3/t19-,20-,32-,33+/m1/s1. The molecule has 0 unspecified atom stereocenters. The number of hydrogen-bond acceptors (Lipinski definition) is 7. The van der Waals surface area contributed by atoms with Crippen LogP contribution < -0.4 is 15.0 Å². The van der Waals surface area contributed by atoms with Crippen molar-refractivity contribution < 1.29 is 23.0 Å². The fraction of sp³-hybridized carbons (Fsp3) is 0.455. The van der Waals surface area contributed by atoms with Gasteiger partial charge in [0.25, 0.3) is 0 Å². The molecule has 0 aliphatic carbocycles. The van der Waals surface area contributed by atoms with Gasteiger partial charge in [-0.1, -0.05) is 23.7 Å². The Hall–Kier alpha value is -3.34. The summed E-state index contributed by atoms with van der Waals surface area (Å²) >= 11 is 6.53. The molecule has 0 amide bonds. The quantitative estimate of drug-likeness (QED) is 0.268. The molecule has 44 heavy (non-hydrogen) atoms. The number of alkyl halides is 1. The van der Waals surface area contributed by atoms with Crippen LogP contribution in [0.1, 0.15) is 39.0 Å². The minimum absolute atomic E-state index is 0.0256. The number of ether oxygens (including phenoxy) is 1. The largest absolute Gasteiger partial charge is 0.508 e. The molecule has 230 valence electrons. The fourth-order valence-corrected chi connectivity index (χ4v) is 8.51. The van der Waals surface area contributed by atoms with Crippen molar-refractivity contribution in [3.8, 4) is 22.9 Å². The molecule has 0 saturated carbocycles. The van der Waals surface area contributed by atoms with Crippen LogP contribution in [-0.2, 0) is 0 Å². The zero-order valence-electron chi connectivity index (χ0n) is 24.3. The minimum atomic E-state index is -0.920. The molecular formula is C33H33ClF3N5O2. The molecule has 0 radical (unpaired) electrons. The number of anilines is 1. The van der Waals surface area contributed by atoms with E-state index in [1.807, 2.05) is 0 Å². The monoisotopic (exact) mass is 623 g/mol. The lowest BCUT2D eigenvalue weighted by Gasteiger charge is -2.40. The van der Waals surface area contributed by atoms with Crippen molar-refractivity contribution in [2.75, 3.05) is 37.7 Å². The minimum Gasteiger partial charge on any atom is -0.508 e. The van der Waals surface area contributed by atoms with Gasteiger partial charge in [-0.25, -0.2) is 13.2 Å². The van der Waals surface area contributed by atoms with Gasteiger partial charge < -0.3 is 20.1 Å². The molecule has 5 heterocycles. The van der Waals surface area contributed by atoms with Crippen LogP contribution in [0.4, 0.5) is 19.0 Å². The molecule has 2 bridgehead atoms. The molecule has 1 aromatic heterocycles. The predicted octanol–water partition coefficient (Wildman–Crippen LogP) is 6.37. The number of aromatic nitrogens is 2. The van der Waals surface area contributed by atoms with Gasteiger partial charge in [0.1, 0.15) is 35.7 Å². The third kappa shape index (κ3) is 4.48. The lowest BCUT2D eigenvalue weighted by Crippen LogP contribution is -2.58. The van der Waals surface area contributed by atoms with E-state index in [-0.39, 0.29) is 52.0 Å². The van der Waals surface area contributed by atoms with E-state index in [9.17, 15) is 9.50 Å². The molecule has 4 fully saturated rings. The molecule has 3 aromatic carbocycles. The molecule has 0 spiro atoms. The normalized spacial score (nSPS) is 28.3. The summed E-state index contributed by atoms with van der Waals surface area (Å²) in [4.78, 5) is 13.5. The summed E-state index contributed by atoms with van der Waals surface area (Å²) in [6.07, 6.45) is 3.21. The van der Waals surface area contributed by atoms with Crippen LogP contribution in [0.25, 0.3) is 32.8 Å². The van der Waals surface area contributed by atoms with Gasteiger partial charge in [0.15, 0.2) is 5.82 Å². The fourth-order valence-electron chi connectivity index (χ4n) is 8.23. The molecule has 4 saturated heterocycles. The first-order valence-corrected chi connectivity index (χ1v) is 15.7. The summed E-state index contributed by atoms with van der Waals surface area (Å²) in [6.45, 7) is 4.76. The summed E-state index contributed by atoms with van der Waals surface area (Å²) in [5, 5.41) is 15.7. The second-order valence-corrected chi connectivity index (χ2v) is 13.7. The number of nitrogens with zero attached hydrogens (tertiary/aromatic N) is 4. The van der Waals surface area contributed by atoms with Crippen molar-refractivity contribution in [3.63, 3.8) is 0 Å². The first kappa shape index (κ1) is 28.2. The highest BCUT2D eigenvalue weighted by molar-refractivity contribution is 6.36. The van der Waals surface area contributed by atoms with E-state index in [2.05, 4.69) is 27.0 Å². The number of nitrogens with one attached hydrogen (secondary N) is 1. The highest BCUT2D eigenvalue weighted by Crippen LogP contribution is 2.44. The maximum atomic E-state index is 16.8. The Morgan fingerprint density at radius 3 is 2.86 bits per heavy atom. The first-order valence-electron chi connectivity index (χ1n) is 15.3.